The monoisotopic (exact) mass is 353 g/mol. The molecule has 0 bridgehead atoms. The molecule has 0 fully saturated rings. The Balaban J connectivity index is 1.96. The van der Waals surface area contributed by atoms with Gasteiger partial charge in [0.05, 0.1) is 5.69 Å². The van der Waals surface area contributed by atoms with Crippen LogP contribution in [0.3, 0.4) is 0 Å². The van der Waals surface area contributed by atoms with Gasteiger partial charge in [0.15, 0.2) is 0 Å². The lowest BCUT2D eigenvalue weighted by Gasteiger charge is -2.08. The van der Waals surface area contributed by atoms with E-state index in [0.717, 1.165) is 34.9 Å². The molecule has 3 aromatic rings. The van der Waals surface area contributed by atoms with Gasteiger partial charge >= 0.3 is 5.69 Å². The maximum Gasteiger partial charge on any atom is 0.333 e. The number of nitrogens with zero attached hydrogens (tertiary/aromatic N) is 1. The van der Waals surface area contributed by atoms with Crippen LogP contribution in [0.1, 0.15) is 22.8 Å². The van der Waals surface area contributed by atoms with Crippen molar-refractivity contribution in [3.05, 3.63) is 92.5 Å². The molecule has 0 aliphatic rings. The van der Waals surface area contributed by atoms with Crippen molar-refractivity contribution in [2.24, 2.45) is 0 Å². The van der Waals surface area contributed by atoms with Crippen molar-refractivity contribution < 1.29 is 9.18 Å². The first-order chi connectivity index (χ1) is 12.5. The maximum atomic E-state index is 13.1. The molecule has 1 aromatic heterocycles. The Kier molecular flexibility index (Phi) is 4.79. The van der Waals surface area contributed by atoms with E-state index in [1.807, 2.05) is 19.1 Å². The average molecular weight is 353 g/mol. The Morgan fingerprint density at radius 3 is 2.35 bits per heavy atom. The third-order valence-corrected chi connectivity index (χ3v) is 3.93. The fraction of sp³-hybridized carbons (Fsp3) is 0.105. The fourth-order valence-corrected chi connectivity index (χ4v) is 2.48. The van der Waals surface area contributed by atoms with Gasteiger partial charge in [-0.3, -0.25) is 9.59 Å². The average Bonchev–Trinajstić information content (AvgIpc) is 2.64. The summed E-state index contributed by atoms with van der Waals surface area (Å²) in [6, 6.07) is 12.1. The van der Waals surface area contributed by atoms with E-state index in [-0.39, 0.29) is 11.3 Å². The predicted octanol–water partition coefficient (Wildman–Crippen LogP) is 2.48. The highest BCUT2D eigenvalue weighted by atomic mass is 19.1. The number of aryl methyl sites for hydroxylation is 1. The van der Waals surface area contributed by atoms with E-state index >= 15 is 0 Å². The lowest BCUT2D eigenvalue weighted by molar-refractivity contribution is 0.102. The van der Waals surface area contributed by atoms with Crippen LogP contribution < -0.4 is 16.6 Å². The molecule has 0 radical (unpaired) electrons. The van der Waals surface area contributed by atoms with Crippen LogP contribution >= 0.6 is 0 Å². The van der Waals surface area contributed by atoms with Gasteiger partial charge in [0, 0.05) is 11.9 Å². The molecule has 6 nitrogen and oxygen atoms in total. The zero-order chi connectivity index (χ0) is 18.7. The van der Waals surface area contributed by atoms with Gasteiger partial charge < -0.3 is 10.3 Å². The highest BCUT2D eigenvalue weighted by Gasteiger charge is 2.16. The smallest absolute Gasteiger partial charge is 0.322 e. The van der Waals surface area contributed by atoms with Crippen LogP contribution in [0.25, 0.3) is 5.69 Å². The number of halogens is 1. The van der Waals surface area contributed by atoms with Gasteiger partial charge in [-0.15, -0.1) is 0 Å². The molecule has 0 aliphatic heterocycles. The number of anilines is 1. The number of benzene rings is 2. The molecule has 2 aromatic carbocycles. The van der Waals surface area contributed by atoms with Crippen molar-refractivity contribution in [3.8, 4) is 5.69 Å². The maximum absolute atomic E-state index is 13.1. The molecule has 0 unspecified atom stereocenters. The van der Waals surface area contributed by atoms with Crippen LogP contribution in [0.2, 0.25) is 0 Å². The van der Waals surface area contributed by atoms with E-state index in [1.165, 1.54) is 12.1 Å². The van der Waals surface area contributed by atoms with Crippen molar-refractivity contribution in [1.29, 1.82) is 0 Å². The summed E-state index contributed by atoms with van der Waals surface area (Å²) in [4.78, 5) is 39.4. The zero-order valence-corrected chi connectivity index (χ0v) is 14.0. The Hall–Kier alpha value is -3.48. The summed E-state index contributed by atoms with van der Waals surface area (Å²) in [6.07, 6.45) is 1.94. The summed E-state index contributed by atoms with van der Waals surface area (Å²) in [7, 11) is 0. The second kappa shape index (κ2) is 7.18. The number of carbonyl (C=O) groups is 1. The normalized spacial score (nSPS) is 10.5. The third kappa shape index (κ3) is 3.46. The molecular weight excluding hydrogens is 337 g/mol. The predicted molar refractivity (Wildman–Crippen MR) is 96.4 cm³/mol. The number of nitrogens with one attached hydrogen (secondary N) is 2. The number of carbonyl (C=O) groups excluding carboxylic acids is 1. The molecule has 0 aliphatic carbocycles. The van der Waals surface area contributed by atoms with E-state index in [0.29, 0.717) is 5.69 Å². The summed E-state index contributed by atoms with van der Waals surface area (Å²) in [5.41, 5.74) is 0.0819. The number of aromatic nitrogens is 2. The first kappa shape index (κ1) is 17.3. The number of aromatic amines is 1. The van der Waals surface area contributed by atoms with Crippen molar-refractivity contribution >= 4 is 11.6 Å². The molecule has 3 rings (SSSR count). The van der Waals surface area contributed by atoms with Gasteiger partial charge in [-0.25, -0.2) is 13.8 Å². The van der Waals surface area contributed by atoms with Crippen LogP contribution in [0.15, 0.2) is 64.3 Å². The molecule has 132 valence electrons. The van der Waals surface area contributed by atoms with Crippen LogP contribution in [0, 0.1) is 5.82 Å². The zero-order valence-electron chi connectivity index (χ0n) is 14.0. The summed E-state index contributed by atoms with van der Waals surface area (Å²) in [5.74, 6) is -1.14. The lowest BCUT2D eigenvalue weighted by atomic mass is 10.1. The van der Waals surface area contributed by atoms with Gasteiger partial charge in [-0.05, 0) is 48.4 Å². The highest BCUT2D eigenvalue weighted by Crippen LogP contribution is 2.11. The Labute approximate surface area is 147 Å². The summed E-state index contributed by atoms with van der Waals surface area (Å²) in [5, 5.41) is 2.62. The van der Waals surface area contributed by atoms with Crippen LogP contribution in [-0.2, 0) is 6.42 Å². The minimum absolute atomic E-state index is 0.166. The van der Waals surface area contributed by atoms with Crippen LogP contribution in [-0.4, -0.2) is 15.5 Å². The number of hydrogen-bond acceptors (Lipinski definition) is 3. The standard InChI is InChI=1S/C19H16FN3O3/c1-2-12-3-7-14(8-4-12)22-17(24)16-11-21-19(26)23(18(16)25)15-9-5-13(20)6-10-15/h3-11H,2H2,1H3,(H,21,26)(H,22,24). The summed E-state index contributed by atoms with van der Waals surface area (Å²) >= 11 is 0. The SMILES string of the molecule is CCc1ccc(NC(=O)c2c[nH]c(=O)n(-c3ccc(F)cc3)c2=O)cc1. The molecule has 7 heteroatoms. The summed E-state index contributed by atoms with van der Waals surface area (Å²) in [6.45, 7) is 2.02. The Bertz CT molecular complexity index is 1050. The number of amides is 1. The molecule has 0 saturated carbocycles. The second-order valence-electron chi connectivity index (χ2n) is 5.63. The number of hydrogen-bond donors (Lipinski definition) is 2. The third-order valence-electron chi connectivity index (χ3n) is 3.93. The largest absolute Gasteiger partial charge is 0.333 e. The Morgan fingerprint density at radius 2 is 1.73 bits per heavy atom. The van der Waals surface area contributed by atoms with Crippen molar-refractivity contribution in [1.82, 2.24) is 9.55 Å². The first-order valence-corrected chi connectivity index (χ1v) is 8.00. The van der Waals surface area contributed by atoms with Gasteiger partial charge in [0.2, 0.25) is 0 Å². The van der Waals surface area contributed by atoms with Crippen molar-refractivity contribution in [2.75, 3.05) is 5.32 Å². The lowest BCUT2D eigenvalue weighted by Crippen LogP contribution is -2.38. The molecule has 0 spiro atoms. The van der Waals surface area contributed by atoms with Gasteiger partial charge in [-0.2, -0.15) is 0 Å². The summed E-state index contributed by atoms with van der Waals surface area (Å²) < 4.78 is 13.9. The number of rotatable bonds is 4. The van der Waals surface area contributed by atoms with Crippen LogP contribution in [0.5, 0.6) is 0 Å². The second-order valence-corrected chi connectivity index (χ2v) is 5.63. The molecule has 0 atom stereocenters. The first-order valence-electron chi connectivity index (χ1n) is 8.00. The van der Waals surface area contributed by atoms with Gasteiger partial charge in [-0.1, -0.05) is 19.1 Å². The minimum Gasteiger partial charge on any atom is -0.322 e. The minimum atomic E-state index is -0.789. The van der Waals surface area contributed by atoms with Crippen molar-refractivity contribution in [2.45, 2.75) is 13.3 Å². The fourth-order valence-electron chi connectivity index (χ4n) is 2.48. The number of H-pyrrole nitrogens is 1. The molecule has 1 heterocycles. The van der Waals surface area contributed by atoms with E-state index in [2.05, 4.69) is 10.3 Å². The van der Waals surface area contributed by atoms with Gasteiger partial charge in [0.25, 0.3) is 11.5 Å². The van der Waals surface area contributed by atoms with Crippen molar-refractivity contribution in [3.63, 3.8) is 0 Å². The molecule has 1 amide bonds. The van der Waals surface area contributed by atoms with E-state index in [9.17, 15) is 18.8 Å². The van der Waals surface area contributed by atoms with Gasteiger partial charge in [0.1, 0.15) is 11.4 Å². The van der Waals surface area contributed by atoms with E-state index in [4.69, 9.17) is 0 Å². The topological polar surface area (TPSA) is 84.0 Å². The molecule has 0 saturated heterocycles. The van der Waals surface area contributed by atoms with E-state index in [1.54, 1.807) is 12.1 Å². The highest BCUT2D eigenvalue weighted by molar-refractivity contribution is 6.03. The van der Waals surface area contributed by atoms with E-state index < -0.39 is 23.0 Å². The Morgan fingerprint density at radius 1 is 1.08 bits per heavy atom. The molecule has 26 heavy (non-hydrogen) atoms. The molecule has 2 N–H and O–H groups in total. The van der Waals surface area contributed by atoms with Crippen LogP contribution in [0.4, 0.5) is 10.1 Å². The molecular formula is C19H16FN3O3. The quantitative estimate of drug-likeness (QED) is 0.756.